The molecule has 0 aromatic heterocycles. The summed E-state index contributed by atoms with van der Waals surface area (Å²) in [7, 11) is 0. The maximum absolute atomic E-state index is 14.7. The Hall–Kier alpha value is -3.81. The number of fused-ring (bicyclic) bond motifs is 1. The first-order valence-corrected chi connectivity index (χ1v) is 13.6. The molecule has 1 fully saturated rings. The van der Waals surface area contributed by atoms with E-state index in [2.05, 4.69) is 5.32 Å². The molecule has 2 aromatic rings. The first-order valence-electron chi connectivity index (χ1n) is 13.6. The summed E-state index contributed by atoms with van der Waals surface area (Å²) in [6.07, 6.45) is 4.97. The number of hydrogen-bond donors (Lipinski definition) is 1. The Bertz CT molecular complexity index is 1200. The van der Waals surface area contributed by atoms with Crippen molar-refractivity contribution in [3.63, 3.8) is 0 Å². The van der Waals surface area contributed by atoms with E-state index in [-0.39, 0.29) is 67.0 Å². The molecule has 1 aliphatic carbocycles. The van der Waals surface area contributed by atoms with Gasteiger partial charge in [-0.1, -0.05) is 74.5 Å². The third kappa shape index (κ3) is 6.80. The molecule has 39 heavy (non-hydrogen) atoms. The van der Waals surface area contributed by atoms with Crippen LogP contribution in [0, 0.1) is 23.6 Å². The highest BCUT2D eigenvalue weighted by atomic mass is 19.1. The van der Waals surface area contributed by atoms with Gasteiger partial charge in [-0.3, -0.25) is 24.1 Å². The monoisotopic (exact) mass is 533 g/mol. The molecular formula is C31H36FN3O4. The number of benzene rings is 2. The number of amides is 4. The Balaban J connectivity index is 1.59. The van der Waals surface area contributed by atoms with Gasteiger partial charge in [0.05, 0.1) is 11.8 Å². The van der Waals surface area contributed by atoms with Crippen LogP contribution in [0.25, 0.3) is 0 Å². The summed E-state index contributed by atoms with van der Waals surface area (Å²) in [5.74, 6) is -2.28. The number of nitrogens with one attached hydrogen (secondary N) is 1. The summed E-state index contributed by atoms with van der Waals surface area (Å²) in [6.45, 7) is 4.20. The van der Waals surface area contributed by atoms with Crippen LogP contribution in [0.5, 0.6) is 0 Å². The maximum Gasteiger partial charge on any atom is 0.243 e. The number of carbonyl (C=O) groups excluding carboxylic acids is 4. The van der Waals surface area contributed by atoms with Crippen molar-refractivity contribution in [1.29, 1.82) is 0 Å². The molecule has 0 saturated carbocycles. The first-order chi connectivity index (χ1) is 18.8. The summed E-state index contributed by atoms with van der Waals surface area (Å²) in [5.41, 5.74) is 1.14. The van der Waals surface area contributed by atoms with Gasteiger partial charge in [-0.05, 0) is 30.4 Å². The lowest BCUT2D eigenvalue weighted by Gasteiger charge is -2.32. The van der Waals surface area contributed by atoms with Crippen LogP contribution in [0.2, 0.25) is 0 Å². The summed E-state index contributed by atoms with van der Waals surface area (Å²) in [4.78, 5) is 55.7. The van der Waals surface area contributed by atoms with Gasteiger partial charge in [0.2, 0.25) is 23.6 Å². The number of rotatable bonds is 11. The number of imide groups is 1. The van der Waals surface area contributed by atoms with Gasteiger partial charge in [-0.15, -0.1) is 0 Å². The normalized spacial score (nSPS) is 19.2. The molecule has 4 amide bonds. The fraction of sp³-hybridized carbons (Fsp3) is 0.419. The van der Waals surface area contributed by atoms with E-state index in [9.17, 15) is 23.6 Å². The molecule has 3 atom stereocenters. The minimum absolute atomic E-state index is 0.0665. The number of likely N-dealkylation sites (tertiary alicyclic amines) is 1. The summed E-state index contributed by atoms with van der Waals surface area (Å²) in [5, 5.41) is 2.93. The minimum Gasteiger partial charge on any atom is -0.354 e. The molecule has 0 bridgehead atoms. The third-order valence-corrected chi connectivity index (χ3v) is 7.40. The fourth-order valence-electron chi connectivity index (χ4n) is 5.23. The van der Waals surface area contributed by atoms with Crippen LogP contribution in [0.1, 0.15) is 44.2 Å². The zero-order valence-corrected chi connectivity index (χ0v) is 22.5. The molecule has 4 rings (SSSR count). The molecule has 1 heterocycles. The van der Waals surface area contributed by atoms with Crippen molar-refractivity contribution < 1.29 is 23.6 Å². The van der Waals surface area contributed by atoms with Crippen molar-refractivity contribution in [2.75, 3.05) is 13.1 Å². The molecule has 1 N–H and O–H groups in total. The predicted octanol–water partition coefficient (Wildman–Crippen LogP) is 3.88. The minimum atomic E-state index is -0.907. The SMILES string of the molecule is CC(C)CNC(=O)C(Cc1ccccc1)N(Cc1ccccc1F)C(=O)CCN1C(=O)[C@H]2CC=CC[C@H]2C1=O. The van der Waals surface area contributed by atoms with Crippen LogP contribution >= 0.6 is 0 Å². The lowest BCUT2D eigenvalue weighted by molar-refractivity contribution is -0.144. The fourth-order valence-corrected chi connectivity index (χ4v) is 5.23. The van der Waals surface area contributed by atoms with Gasteiger partial charge in [0.1, 0.15) is 11.9 Å². The molecule has 206 valence electrons. The van der Waals surface area contributed by atoms with Crippen molar-refractivity contribution in [2.24, 2.45) is 17.8 Å². The maximum atomic E-state index is 14.7. The Labute approximate surface area is 229 Å². The lowest BCUT2D eigenvalue weighted by Crippen LogP contribution is -2.51. The molecule has 0 spiro atoms. The van der Waals surface area contributed by atoms with E-state index in [0.717, 1.165) is 5.56 Å². The van der Waals surface area contributed by atoms with Crippen molar-refractivity contribution in [3.8, 4) is 0 Å². The quantitative estimate of drug-likeness (QED) is 0.351. The van der Waals surface area contributed by atoms with E-state index in [0.29, 0.717) is 19.4 Å². The van der Waals surface area contributed by atoms with E-state index in [1.54, 1.807) is 18.2 Å². The zero-order chi connectivity index (χ0) is 27.9. The Morgan fingerprint density at radius 2 is 1.59 bits per heavy atom. The number of hydrogen-bond acceptors (Lipinski definition) is 4. The van der Waals surface area contributed by atoms with E-state index >= 15 is 0 Å². The molecule has 2 aliphatic rings. The molecule has 7 nitrogen and oxygen atoms in total. The highest BCUT2D eigenvalue weighted by molar-refractivity contribution is 6.05. The molecular weight excluding hydrogens is 497 g/mol. The molecule has 2 aromatic carbocycles. The Kier molecular flexibility index (Phi) is 9.28. The molecule has 1 saturated heterocycles. The number of nitrogens with zero attached hydrogens (tertiary/aromatic N) is 2. The van der Waals surface area contributed by atoms with Gasteiger partial charge in [0.15, 0.2) is 0 Å². The first kappa shape index (κ1) is 28.2. The number of allylic oxidation sites excluding steroid dienone is 2. The Morgan fingerprint density at radius 3 is 2.21 bits per heavy atom. The van der Waals surface area contributed by atoms with Crippen LogP contribution < -0.4 is 5.32 Å². The van der Waals surface area contributed by atoms with Crippen LogP contribution in [0.4, 0.5) is 4.39 Å². The zero-order valence-electron chi connectivity index (χ0n) is 22.5. The lowest BCUT2D eigenvalue weighted by atomic mass is 9.85. The van der Waals surface area contributed by atoms with E-state index in [4.69, 9.17) is 0 Å². The second-order valence-corrected chi connectivity index (χ2v) is 10.7. The van der Waals surface area contributed by atoms with Gasteiger partial charge >= 0.3 is 0 Å². The summed E-state index contributed by atoms with van der Waals surface area (Å²) >= 11 is 0. The van der Waals surface area contributed by atoms with Crippen molar-refractivity contribution in [3.05, 3.63) is 83.7 Å². The van der Waals surface area contributed by atoms with Gasteiger partial charge in [0, 0.05) is 38.0 Å². The second-order valence-electron chi connectivity index (χ2n) is 10.7. The van der Waals surface area contributed by atoms with Crippen molar-refractivity contribution in [1.82, 2.24) is 15.1 Å². The van der Waals surface area contributed by atoms with Crippen molar-refractivity contribution >= 4 is 23.6 Å². The largest absolute Gasteiger partial charge is 0.354 e. The number of carbonyl (C=O) groups is 4. The van der Waals surface area contributed by atoms with E-state index in [1.165, 1.54) is 15.9 Å². The van der Waals surface area contributed by atoms with Crippen molar-refractivity contribution in [2.45, 2.75) is 52.1 Å². The van der Waals surface area contributed by atoms with Crippen LogP contribution in [-0.4, -0.2) is 52.6 Å². The molecule has 0 radical (unpaired) electrons. The average Bonchev–Trinajstić information content (AvgIpc) is 3.18. The average molecular weight is 534 g/mol. The standard InChI is InChI=1S/C31H36FN3O4/c1-21(2)19-33-29(37)27(18-22-10-4-3-5-11-22)35(20-23-12-6-9-15-26(23)32)28(36)16-17-34-30(38)24-13-7-8-14-25(24)31(34)39/h3-12,15,21,24-25,27H,13-14,16-20H2,1-2H3,(H,33,37)/t24-,25+,27?. The van der Waals surface area contributed by atoms with Gasteiger partial charge in [0.25, 0.3) is 0 Å². The van der Waals surface area contributed by atoms with Gasteiger partial charge < -0.3 is 10.2 Å². The number of halogens is 1. The van der Waals surface area contributed by atoms with E-state index < -0.39 is 17.8 Å². The van der Waals surface area contributed by atoms with E-state index in [1.807, 2.05) is 56.3 Å². The topological polar surface area (TPSA) is 86.8 Å². The summed E-state index contributed by atoms with van der Waals surface area (Å²) < 4.78 is 14.7. The second kappa shape index (κ2) is 12.8. The van der Waals surface area contributed by atoms with Gasteiger partial charge in [-0.25, -0.2) is 4.39 Å². The highest BCUT2D eigenvalue weighted by Crippen LogP contribution is 2.35. The smallest absolute Gasteiger partial charge is 0.243 e. The Morgan fingerprint density at radius 1 is 0.974 bits per heavy atom. The van der Waals surface area contributed by atoms with Crippen LogP contribution in [-0.2, 0) is 32.1 Å². The summed E-state index contributed by atoms with van der Waals surface area (Å²) in [6, 6.07) is 14.6. The van der Waals surface area contributed by atoms with Crippen LogP contribution in [0.3, 0.4) is 0 Å². The van der Waals surface area contributed by atoms with Crippen LogP contribution in [0.15, 0.2) is 66.7 Å². The highest BCUT2D eigenvalue weighted by Gasteiger charge is 2.47. The predicted molar refractivity (Wildman–Crippen MR) is 145 cm³/mol. The van der Waals surface area contributed by atoms with Gasteiger partial charge in [-0.2, -0.15) is 0 Å². The third-order valence-electron chi connectivity index (χ3n) is 7.40. The molecule has 1 aliphatic heterocycles. The molecule has 1 unspecified atom stereocenters. The molecule has 8 heteroatoms.